The fraction of sp³-hybridized carbons (Fsp3) is 0.900. The Morgan fingerprint density at radius 1 is 1.62 bits per heavy atom. The first-order chi connectivity index (χ1) is 7.67. The van der Waals surface area contributed by atoms with E-state index in [1.54, 1.807) is 6.92 Å². The molecule has 1 fully saturated rings. The van der Waals surface area contributed by atoms with Crippen LogP contribution in [0.15, 0.2) is 0 Å². The molecule has 0 spiro atoms. The highest BCUT2D eigenvalue weighted by Gasteiger charge is 2.25. The molecule has 1 amide bonds. The van der Waals surface area contributed by atoms with E-state index in [1.165, 1.54) is 0 Å². The van der Waals surface area contributed by atoms with Crippen molar-refractivity contribution in [2.24, 2.45) is 0 Å². The fourth-order valence-corrected chi connectivity index (χ4v) is 1.52. The molecule has 94 valence electrons. The van der Waals surface area contributed by atoms with Gasteiger partial charge in [0.25, 0.3) is 5.91 Å². The van der Waals surface area contributed by atoms with E-state index < -0.39 is 5.56 Å². The normalized spacial score (nSPS) is 26.7. The minimum atomic E-state index is -0.951. The van der Waals surface area contributed by atoms with Gasteiger partial charge in [-0.05, 0) is 13.3 Å². The number of hydrogen-bond donors (Lipinski definition) is 1. The van der Waals surface area contributed by atoms with Gasteiger partial charge in [-0.3, -0.25) is 4.79 Å². The van der Waals surface area contributed by atoms with Crippen molar-refractivity contribution >= 4 is 17.5 Å². The SMILES string of the molecule is CCOC(Cl)C(=O)NCC1OCC(CC)O1. The fourth-order valence-electron chi connectivity index (χ4n) is 1.32. The molecule has 0 aliphatic carbocycles. The molecule has 0 aromatic rings. The Morgan fingerprint density at radius 2 is 2.38 bits per heavy atom. The second-order valence-electron chi connectivity index (χ2n) is 3.45. The molecule has 0 bridgehead atoms. The Bertz CT molecular complexity index is 227. The molecule has 0 aromatic carbocycles. The van der Waals surface area contributed by atoms with Gasteiger partial charge in [0.2, 0.25) is 5.56 Å². The number of rotatable bonds is 6. The minimum absolute atomic E-state index is 0.126. The van der Waals surface area contributed by atoms with Crippen molar-refractivity contribution in [3.8, 4) is 0 Å². The zero-order valence-electron chi connectivity index (χ0n) is 9.57. The molecule has 1 rings (SSSR count). The molecule has 3 atom stereocenters. The number of halogens is 1. The van der Waals surface area contributed by atoms with E-state index in [0.717, 1.165) is 6.42 Å². The van der Waals surface area contributed by atoms with Crippen LogP contribution in [0.25, 0.3) is 0 Å². The first-order valence-electron chi connectivity index (χ1n) is 5.47. The zero-order chi connectivity index (χ0) is 12.0. The highest BCUT2D eigenvalue weighted by molar-refractivity contribution is 6.29. The van der Waals surface area contributed by atoms with E-state index in [2.05, 4.69) is 5.32 Å². The van der Waals surface area contributed by atoms with Crippen LogP contribution in [0, 0.1) is 0 Å². The number of nitrogens with one attached hydrogen (secondary N) is 1. The highest BCUT2D eigenvalue weighted by atomic mass is 35.5. The number of carbonyl (C=O) groups is 1. The summed E-state index contributed by atoms with van der Waals surface area (Å²) in [6, 6.07) is 0. The van der Waals surface area contributed by atoms with Crippen molar-refractivity contribution in [1.82, 2.24) is 5.32 Å². The van der Waals surface area contributed by atoms with Crippen LogP contribution in [0.1, 0.15) is 20.3 Å². The average molecular weight is 252 g/mol. The van der Waals surface area contributed by atoms with Gasteiger partial charge in [-0.15, -0.1) is 0 Å². The van der Waals surface area contributed by atoms with E-state index in [4.69, 9.17) is 25.8 Å². The van der Waals surface area contributed by atoms with Gasteiger partial charge in [0.15, 0.2) is 6.29 Å². The van der Waals surface area contributed by atoms with Crippen molar-refractivity contribution in [3.63, 3.8) is 0 Å². The molecule has 3 unspecified atom stereocenters. The van der Waals surface area contributed by atoms with Gasteiger partial charge in [0.1, 0.15) is 0 Å². The Kier molecular flexibility index (Phi) is 6.05. The summed E-state index contributed by atoms with van der Waals surface area (Å²) < 4.78 is 15.7. The number of hydrogen-bond acceptors (Lipinski definition) is 4. The maximum absolute atomic E-state index is 11.4. The van der Waals surface area contributed by atoms with Gasteiger partial charge in [0.05, 0.1) is 19.3 Å². The van der Waals surface area contributed by atoms with E-state index in [-0.39, 0.29) is 18.3 Å². The van der Waals surface area contributed by atoms with Gasteiger partial charge in [-0.1, -0.05) is 18.5 Å². The Balaban J connectivity index is 2.17. The monoisotopic (exact) mass is 251 g/mol. The van der Waals surface area contributed by atoms with Gasteiger partial charge in [-0.25, -0.2) is 0 Å². The lowest BCUT2D eigenvalue weighted by molar-refractivity contribution is -0.130. The lowest BCUT2D eigenvalue weighted by Crippen LogP contribution is -2.38. The smallest absolute Gasteiger partial charge is 0.264 e. The molecule has 0 aromatic heterocycles. The van der Waals surface area contributed by atoms with Crippen molar-refractivity contribution in [2.45, 2.75) is 38.2 Å². The molecule has 1 aliphatic rings. The van der Waals surface area contributed by atoms with Crippen molar-refractivity contribution in [1.29, 1.82) is 0 Å². The first kappa shape index (κ1) is 13.7. The zero-order valence-corrected chi connectivity index (χ0v) is 10.3. The minimum Gasteiger partial charge on any atom is -0.354 e. The third kappa shape index (κ3) is 4.25. The quantitative estimate of drug-likeness (QED) is 0.712. The summed E-state index contributed by atoms with van der Waals surface area (Å²) in [5.41, 5.74) is -0.951. The second kappa shape index (κ2) is 7.06. The van der Waals surface area contributed by atoms with Gasteiger partial charge < -0.3 is 19.5 Å². The van der Waals surface area contributed by atoms with E-state index in [0.29, 0.717) is 19.8 Å². The predicted octanol–water partition coefficient (Wildman–Crippen LogP) is 0.855. The summed E-state index contributed by atoms with van der Waals surface area (Å²) in [5, 5.41) is 2.61. The van der Waals surface area contributed by atoms with Gasteiger partial charge in [0, 0.05) is 6.61 Å². The third-order valence-electron chi connectivity index (χ3n) is 2.23. The largest absolute Gasteiger partial charge is 0.354 e. The van der Waals surface area contributed by atoms with E-state index >= 15 is 0 Å². The summed E-state index contributed by atoms with van der Waals surface area (Å²) >= 11 is 5.66. The van der Waals surface area contributed by atoms with Crippen molar-refractivity contribution < 1.29 is 19.0 Å². The topological polar surface area (TPSA) is 56.8 Å². The molecule has 16 heavy (non-hydrogen) atoms. The summed E-state index contributed by atoms with van der Waals surface area (Å²) in [5.74, 6) is -0.365. The van der Waals surface area contributed by atoms with Crippen molar-refractivity contribution in [2.75, 3.05) is 19.8 Å². The standard InChI is InChI=1S/C10H18ClNO4/c1-3-7-6-15-8(16-7)5-12-10(13)9(11)14-4-2/h7-9H,3-6H2,1-2H3,(H,12,13). The average Bonchev–Trinajstić information content (AvgIpc) is 2.74. The molecule has 5 nitrogen and oxygen atoms in total. The Morgan fingerprint density at radius 3 is 2.94 bits per heavy atom. The summed E-state index contributed by atoms with van der Waals surface area (Å²) in [4.78, 5) is 11.4. The molecular weight excluding hydrogens is 234 g/mol. The van der Waals surface area contributed by atoms with Crippen LogP contribution in [0.2, 0.25) is 0 Å². The van der Waals surface area contributed by atoms with Crippen LogP contribution < -0.4 is 5.32 Å². The predicted molar refractivity (Wildman–Crippen MR) is 59.2 cm³/mol. The maximum atomic E-state index is 11.4. The number of alkyl halides is 1. The second-order valence-corrected chi connectivity index (χ2v) is 3.84. The summed E-state index contributed by atoms with van der Waals surface area (Å²) in [6.07, 6.45) is 0.654. The molecule has 0 saturated carbocycles. The molecule has 1 N–H and O–H groups in total. The maximum Gasteiger partial charge on any atom is 0.264 e. The van der Waals surface area contributed by atoms with Crippen LogP contribution in [-0.4, -0.2) is 43.6 Å². The summed E-state index contributed by atoms with van der Waals surface area (Å²) in [7, 11) is 0. The molecular formula is C10H18ClNO4. The molecule has 1 aliphatic heterocycles. The number of amides is 1. The lowest BCUT2D eigenvalue weighted by Gasteiger charge is -2.13. The van der Waals surface area contributed by atoms with Gasteiger partial charge in [-0.2, -0.15) is 0 Å². The Labute approximate surface area is 100 Å². The molecule has 1 heterocycles. The van der Waals surface area contributed by atoms with Crippen LogP contribution in [0.5, 0.6) is 0 Å². The first-order valence-corrected chi connectivity index (χ1v) is 5.91. The molecule has 6 heteroatoms. The van der Waals surface area contributed by atoms with Crippen LogP contribution in [0.4, 0.5) is 0 Å². The lowest BCUT2D eigenvalue weighted by atomic mass is 10.3. The van der Waals surface area contributed by atoms with Crippen molar-refractivity contribution in [3.05, 3.63) is 0 Å². The molecule has 0 radical (unpaired) electrons. The van der Waals surface area contributed by atoms with Crippen LogP contribution in [0.3, 0.4) is 0 Å². The summed E-state index contributed by atoms with van der Waals surface area (Å²) in [6.45, 7) is 5.07. The third-order valence-corrected chi connectivity index (χ3v) is 2.55. The van der Waals surface area contributed by atoms with Gasteiger partial charge >= 0.3 is 0 Å². The van der Waals surface area contributed by atoms with E-state index in [9.17, 15) is 4.79 Å². The molecule has 1 saturated heterocycles. The van der Waals surface area contributed by atoms with E-state index in [1.807, 2.05) is 6.92 Å². The number of carbonyl (C=O) groups excluding carboxylic acids is 1. The van der Waals surface area contributed by atoms with Crippen LogP contribution in [-0.2, 0) is 19.0 Å². The Hall–Kier alpha value is -0.360. The van der Waals surface area contributed by atoms with Crippen LogP contribution >= 0.6 is 11.6 Å². The highest BCUT2D eigenvalue weighted by Crippen LogP contribution is 2.13. The number of ether oxygens (including phenoxy) is 3.